The number of hydrogen-bond donors (Lipinski definition) is 1. The van der Waals surface area contributed by atoms with Crippen LogP contribution in [0.25, 0.3) is 10.7 Å². The first-order valence-corrected chi connectivity index (χ1v) is 10.9. The van der Waals surface area contributed by atoms with Crippen LogP contribution in [0.2, 0.25) is 0 Å². The number of carbonyl (C=O) groups is 1. The van der Waals surface area contributed by atoms with Crippen LogP contribution in [0.5, 0.6) is 0 Å². The maximum atomic E-state index is 13.0. The van der Waals surface area contributed by atoms with Crippen molar-refractivity contribution < 1.29 is 4.79 Å². The van der Waals surface area contributed by atoms with Gasteiger partial charge in [0.05, 0.1) is 5.69 Å². The number of carbonyl (C=O) groups excluding carboxylic acids is 1. The Bertz CT molecular complexity index is 1220. The molecule has 31 heavy (non-hydrogen) atoms. The smallest absolute Gasteiger partial charge is 0.339 e. The third-order valence-electron chi connectivity index (χ3n) is 5.55. The van der Waals surface area contributed by atoms with E-state index in [1.807, 2.05) is 40.6 Å². The molecule has 1 N–H and O–H groups in total. The summed E-state index contributed by atoms with van der Waals surface area (Å²) in [4.78, 5) is 27.1. The van der Waals surface area contributed by atoms with Crippen molar-refractivity contribution >= 4 is 17.2 Å². The Hall–Kier alpha value is -3.60. The average Bonchev–Trinajstić information content (AvgIpc) is 3.57. The van der Waals surface area contributed by atoms with Gasteiger partial charge in [0, 0.05) is 25.1 Å². The van der Waals surface area contributed by atoms with Crippen LogP contribution in [0.3, 0.4) is 0 Å². The van der Waals surface area contributed by atoms with Crippen LogP contribution < -0.4 is 5.69 Å². The van der Waals surface area contributed by atoms with Crippen molar-refractivity contribution in [3.63, 3.8) is 0 Å². The van der Waals surface area contributed by atoms with Crippen LogP contribution in [-0.4, -0.2) is 58.9 Å². The minimum atomic E-state index is -0.215. The maximum absolute atomic E-state index is 13.0. The van der Waals surface area contributed by atoms with Gasteiger partial charge in [0.15, 0.2) is 0 Å². The number of tetrazole rings is 1. The molecule has 0 radical (unpaired) electrons. The second-order valence-electron chi connectivity index (χ2n) is 7.48. The predicted molar refractivity (Wildman–Crippen MR) is 114 cm³/mol. The van der Waals surface area contributed by atoms with Crippen molar-refractivity contribution in [2.24, 2.45) is 5.92 Å². The zero-order valence-electron chi connectivity index (χ0n) is 16.6. The first-order chi connectivity index (χ1) is 15.2. The van der Waals surface area contributed by atoms with Crippen LogP contribution >= 0.6 is 11.3 Å². The van der Waals surface area contributed by atoms with Crippen molar-refractivity contribution in [2.75, 3.05) is 13.1 Å². The fourth-order valence-corrected chi connectivity index (χ4v) is 4.68. The van der Waals surface area contributed by atoms with Gasteiger partial charge in [-0.3, -0.25) is 4.79 Å². The van der Waals surface area contributed by atoms with Gasteiger partial charge in [-0.05, 0) is 64.9 Å². The summed E-state index contributed by atoms with van der Waals surface area (Å²) in [5, 5.41) is 20.8. The molecule has 1 saturated heterocycles. The molecule has 3 aromatic heterocycles. The highest BCUT2D eigenvalue weighted by atomic mass is 32.1. The number of benzene rings is 1. The highest BCUT2D eigenvalue weighted by Crippen LogP contribution is 2.24. The summed E-state index contributed by atoms with van der Waals surface area (Å²) in [6.07, 6.45) is 3.93. The number of hydrogen-bond acceptors (Lipinski definition) is 7. The first-order valence-electron chi connectivity index (χ1n) is 10.0. The summed E-state index contributed by atoms with van der Waals surface area (Å²) in [6, 6.07) is 11.1. The molecule has 1 fully saturated rings. The van der Waals surface area contributed by atoms with E-state index in [0.717, 1.165) is 29.4 Å². The number of amides is 1. The van der Waals surface area contributed by atoms with E-state index in [1.165, 1.54) is 22.3 Å². The molecule has 5 rings (SSSR count). The van der Waals surface area contributed by atoms with Crippen LogP contribution in [-0.2, 0) is 6.42 Å². The molecule has 4 heterocycles. The highest BCUT2D eigenvalue weighted by molar-refractivity contribution is 7.12. The number of likely N-dealkylation sites (tertiary alicyclic amines) is 1. The topological polar surface area (TPSA) is 115 Å². The zero-order valence-corrected chi connectivity index (χ0v) is 17.4. The van der Waals surface area contributed by atoms with E-state index in [0.29, 0.717) is 31.0 Å². The SMILES string of the molecule is O=C(c1cccc(-n2cnnn2)c1)N1CCC(Cc2n[nH]c(=O)n2-c2cccs2)CC1. The van der Waals surface area contributed by atoms with Gasteiger partial charge in [0.2, 0.25) is 0 Å². The second-order valence-corrected chi connectivity index (χ2v) is 8.40. The van der Waals surface area contributed by atoms with E-state index in [9.17, 15) is 9.59 Å². The monoisotopic (exact) mass is 436 g/mol. The van der Waals surface area contributed by atoms with Crippen LogP contribution in [0.15, 0.2) is 52.9 Å². The fourth-order valence-electron chi connectivity index (χ4n) is 3.93. The Morgan fingerprint density at radius 2 is 2.06 bits per heavy atom. The van der Waals surface area contributed by atoms with Crippen LogP contribution in [0.1, 0.15) is 29.0 Å². The molecule has 11 heteroatoms. The molecule has 0 atom stereocenters. The van der Waals surface area contributed by atoms with Crippen LogP contribution in [0.4, 0.5) is 0 Å². The van der Waals surface area contributed by atoms with E-state index in [-0.39, 0.29) is 11.6 Å². The normalized spacial score (nSPS) is 14.8. The second kappa shape index (κ2) is 8.26. The number of piperidine rings is 1. The number of nitrogens with one attached hydrogen (secondary N) is 1. The van der Waals surface area contributed by atoms with Crippen molar-refractivity contribution in [1.82, 2.24) is 39.9 Å². The molecule has 1 aromatic carbocycles. The minimum Gasteiger partial charge on any atom is -0.339 e. The lowest BCUT2D eigenvalue weighted by Gasteiger charge is -2.32. The number of H-pyrrole nitrogens is 1. The number of aromatic amines is 1. The van der Waals surface area contributed by atoms with Crippen molar-refractivity contribution in [1.29, 1.82) is 0 Å². The fraction of sp³-hybridized carbons (Fsp3) is 0.300. The Morgan fingerprint density at radius 1 is 1.19 bits per heavy atom. The molecule has 0 spiro atoms. The molecular weight excluding hydrogens is 416 g/mol. The standard InChI is InChI=1S/C20H20N8O2S/c29-19(15-3-1-4-16(12-15)27-13-21-24-25-27)26-8-6-14(7-9-26)11-17-22-23-20(30)28(17)18-5-2-10-31-18/h1-5,10,12-14H,6-9,11H2,(H,23,30). The Labute approximate surface area is 181 Å². The lowest BCUT2D eigenvalue weighted by atomic mass is 9.93. The number of rotatable bonds is 5. The lowest BCUT2D eigenvalue weighted by Crippen LogP contribution is -2.39. The van der Waals surface area contributed by atoms with Crippen molar-refractivity contribution in [2.45, 2.75) is 19.3 Å². The van der Waals surface area contributed by atoms with Gasteiger partial charge < -0.3 is 4.90 Å². The molecule has 1 amide bonds. The molecule has 10 nitrogen and oxygen atoms in total. The number of aromatic nitrogens is 7. The van der Waals surface area contributed by atoms with Gasteiger partial charge in [-0.15, -0.1) is 16.4 Å². The van der Waals surface area contributed by atoms with E-state index in [1.54, 1.807) is 10.6 Å². The average molecular weight is 437 g/mol. The van der Waals surface area contributed by atoms with E-state index in [4.69, 9.17) is 0 Å². The zero-order chi connectivity index (χ0) is 21.2. The quantitative estimate of drug-likeness (QED) is 0.509. The molecule has 0 aliphatic carbocycles. The highest BCUT2D eigenvalue weighted by Gasteiger charge is 2.26. The molecule has 158 valence electrons. The maximum Gasteiger partial charge on any atom is 0.348 e. The summed E-state index contributed by atoms with van der Waals surface area (Å²) in [5.74, 6) is 1.11. The Morgan fingerprint density at radius 3 is 2.81 bits per heavy atom. The first kappa shape index (κ1) is 19.4. The Balaban J connectivity index is 1.24. The van der Waals surface area contributed by atoms with Gasteiger partial charge in [-0.1, -0.05) is 6.07 Å². The van der Waals surface area contributed by atoms with E-state index < -0.39 is 0 Å². The molecular formula is C20H20N8O2S. The van der Waals surface area contributed by atoms with Gasteiger partial charge >= 0.3 is 5.69 Å². The third-order valence-corrected chi connectivity index (χ3v) is 6.40. The Kier molecular flexibility index (Phi) is 5.16. The summed E-state index contributed by atoms with van der Waals surface area (Å²) < 4.78 is 3.17. The van der Waals surface area contributed by atoms with E-state index in [2.05, 4.69) is 25.7 Å². The number of thiophene rings is 1. The van der Waals surface area contributed by atoms with Gasteiger partial charge in [0.25, 0.3) is 5.91 Å². The molecule has 1 aliphatic heterocycles. The van der Waals surface area contributed by atoms with Crippen molar-refractivity contribution in [3.05, 3.63) is 70.0 Å². The minimum absolute atomic E-state index is 0.00337. The summed E-state index contributed by atoms with van der Waals surface area (Å²) in [7, 11) is 0. The van der Waals surface area contributed by atoms with Crippen molar-refractivity contribution in [3.8, 4) is 10.7 Å². The molecule has 4 aromatic rings. The molecule has 0 bridgehead atoms. The van der Waals surface area contributed by atoms with Gasteiger partial charge in [0.1, 0.15) is 17.2 Å². The predicted octanol–water partition coefficient (Wildman–Crippen LogP) is 1.69. The largest absolute Gasteiger partial charge is 0.348 e. The van der Waals surface area contributed by atoms with E-state index >= 15 is 0 Å². The van der Waals surface area contributed by atoms with Gasteiger partial charge in [-0.2, -0.15) is 5.10 Å². The summed E-state index contributed by atoms with van der Waals surface area (Å²) in [5.41, 5.74) is 1.15. The summed E-state index contributed by atoms with van der Waals surface area (Å²) in [6.45, 7) is 1.35. The number of nitrogens with zero attached hydrogens (tertiary/aromatic N) is 7. The van der Waals surface area contributed by atoms with Gasteiger partial charge in [-0.25, -0.2) is 19.1 Å². The molecule has 0 saturated carbocycles. The lowest BCUT2D eigenvalue weighted by molar-refractivity contribution is 0.0689. The van der Waals surface area contributed by atoms with Crippen LogP contribution in [0, 0.1) is 5.92 Å². The summed E-state index contributed by atoms with van der Waals surface area (Å²) >= 11 is 1.51. The third kappa shape index (κ3) is 3.91. The molecule has 1 aliphatic rings. The molecule has 0 unspecified atom stereocenters.